The zero-order chi connectivity index (χ0) is 11.2. The van der Waals surface area contributed by atoms with Gasteiger partial charge in [0, 0.05) is 39.3 Å². The number of nitrogens with zero attached hydrogens (tertiary/aromatic N) is 2. The van der Waals surface area contributed by atoms with Crippen LogP contribution in [0, 0.1) is 0 Å². The monoisotopic (exact) mass is 227 g/mol. The molecule has 0 aromatic heterocycles. The summed E-state index contributed by atoms with van der Waals surface area (Å²) < 4.78 is 5.89. The Balaban J connectivity index is 1.53. The van der Waals surface area contributed by atoms with Gasteiger partial charge in [0.15, 0.2) is 0 Å². The molecular weight excluding hydrogens is 202 g/mol. The summed E-state index contributed by atoms with van der Waals surface area (Å²) in [6.45, 7) is 9.00. The van der Waals surface area contributed by atoms with Crippen LogP contribution >= 0.6 is 0 Å². The molecule has 2 fully saturated rings. The van der Waals surface area contributed by atoms with E-state index in [1.807, 2.05) is 0 Å². The molecule has 1 atom stereocenters. The van der Waals surface area contributed by atoms with Gasteiger partial charge < -0.3 is 15.0 Å². The third-order valence-corrected chi connectivity index (χ3v) is 3.61. The molecule has 2 rings (SSSR count). The van der Waals surface area contributed by atoms with Crippen LogP contribution in [-0.4, -0.2) is 75.4 Å². The predicted molar refractivity (Wildman–Crippen MR) is 65.8 cm³/mol. The summed E-state index contributed by atoms with van der Waals surface area (Å²) in [5.74, 6) is 0. The molecule has 0 bridgehead atoms. The Morgan fingerprint density at radius 3 is 2.75 bits per heavy atom. The highest BCUT2D eigenvalue weighted by Gasteiger charge is 2.15. The topological polar surface area (TPSA) is 27.7 Å². The van der Waals surface area contributed by atoms with Gasteiger partial charge in [-0.3, -0.25) is 4.90 Å². The molecule has 0 aromatic rings. The summed E-state index contributed by atoms with van der Waals surface area (Å²) in [6.07, 6.45) is 2.95. The van der Waals surface area contributed by atoms with Crippen LogP contribution in [0.3, 0.4) is 0 Å². The molecule has 1 N–H and O–H groups in total. The Kier molecular flexibility index (Phi) is 5.03. The molecule has 2 aliphatic heterocycles. The Hall–Kier alpha value is -0.160. The Bertz CT molecular complexity index is 187. The fourth-order valence-corrected chi connectivity index (χ4v) is 2.38. The van der Waals surface area contributed by atoms with Crippen LogP contribution in [0.5, 0.6) is 0 Å². The Morgan fingerprint density at radius 1 is 1.25 bits per heavy atom. The Labute approximate surface area is 98.9 Å². The lowest BCUT2D eigenvalue weighted by Gasteiger charge is -2.32. The molecule has 0 spiro atoms. The molecule has 0 aliphatic carbocycles. The van der Waals surface area contributed by atoms with Crippen molar-refractivity contribution in [2.24, 2.45) is 0 Å². The average molecular weight is 227 g/mol. The van der Waals surface area contributed by atoms with Crippen LogP contribution in [0.25, 0.3) is 0 Å². The van der Waals surface area contributed by atoms with E-state index in [-0.39, 0.29) is 0 Å². The molecule has 94 valence electrons. The summed E-state index contributed by atoms with van der Waals surface area (Å²) in [5, 5.41) is 3.38. The molecular formula is C12H25N3O. The fourth-order valence-electron chi connectivity index (χ4n) is 2.38. The van der Waals surface area contributed by atoms with Gasteiger partial charge in [-0.1, -0.05) is 0 Å². The van der Waals surface area contributed by atoms with Gasteiger partial charge in [-0.2, -0.15) is 0 Å². The van der Waals surface area contributed by atoms with Crippen LogP contribution < -0.4 is 5.32 Å². The van der Waals surface area contributed by atoms with E-state index in [2.05, 4.69) is 22.2 Å². The second-order valence-electron chi connectivity index (χ2n) is 4.98. The first-order chi connectivity index (χ1) is 7.84. The zero-order valence-corrected chi connectivity index (χ0v) is 10.5. The number of hydrogen-bond donors (Lipinski definition) is 1. The van der Waals surface area contributed by atoms with E-state index in [1.165, 1.54) is 39.0 Å². The van der Waals surface area contributed by atoms with E-state index < -0.39 is 0 Å². The lowest BCUT2D eigenvalue weighted by molar-refractivity contribution is 0.0175. The highest BCUT2D eigenvalue weighted by atomic mass is 16.5. The van der Waals surface area contributed by atoms with Crippen LogP contribution in [0.2, 0.25) is 0 Å². The van der Waals surface area contributed by atoms with Crippen molar-refractivity contribution < 1.29 is 4.74 Å². The van der Waals surface area contributed by atoms with E-state index in [4.69, 9.17) is 4.74 Å². The molecule has 0 aromatic carbocycles. The van der Waals surface area contributed by atoms with Crippen molar-refractivity contribution in [2.75, 3.05) is 59.5 Å². The maximum atomic E-state index is 5.89. The van der Waals surface area contributed by atoms with Gasteiger partial charge in [-0.15, -0.1) is 0 Å². The van der Waals surface area contributed by atoms with Gasteiger partial charge in [0.2, 0.25) is 0 Å². The zero-order valence-electron chi connectivity index (χ0n) is 10.5. The number of nitrogens with one attached hydrogen (secondary N) is 1. The second kappa shape index (κ2) is 6.55. The molecule has 16 heavy (non-hydrogen) atoms. The maximum Gasteiger partial charge on any atom is 0.0700 e. The van der Waals surface area contributed by atoms with Crippen molar-refractivity contribution >= 4 is 0 Å². The normalized spacial score (nSPS) is 29.4. The lowest BCUT2D eigenvalue weighted by Crippen LogP contribution is -2.46. The highest BCUT2D eigenvalue weighted by molar-refractivity contribution is 4.71. The highest BCUT2D eigenvalue weighted by Crippen LogP contribution is 2.06. The molecule has 2 saturated heterocycles. The van der Waals surface area contributed by atoms with Crippen LogP contribution in [-0.2, 0) is 4.74 Å². The molecule has 4 nitrogen and oxygen atoms in total. The maximum absolute atomic E-state index is 5.89. The van der Waals surface area contributed by atoms with Crippen molar-refractivity contribution in [3.05, 3.63) is 0 Å². The molecule has 2 heterocycles. The van der Waals surface area contributed by atoms with Crippen LogP contribution in [0.4, 0.5) is 0 Å². The third kappa shape index (κ3) is 4.01. The predicted octanol–water partition coefficient (Wildman–Crippen LogP) is 0.00240. The van der Waals surface area contributed by atoms with E-state index in [9.17, 15) is 0 Å². The van der Waals surface area contributed by atoms with Gasteiger partial charge >= 0.3 is 0 Å². The van der Waals surface area contributed by atoms with Gasteiger partial charge in [-0.25, -0.2) is 0 Å². The minimum absolute atomic E-state index is 0.459. The minimum Gasteiger partial charge on any atom is -0.376 e. The molecule has 2 aliphatic rings. The van der Waals surface area contributed by atoms with Crippen LogP contribution in [0.1, 0.15) is 12.8 Å². The van der Waals surface area contributed by atoms with Crippen molar-refractivity contribution in [2.45, 2.75) is 18.9 Å². The fraction of sp³-hybridized carbons (Fsp3) is 1.00. The number of ether oxygens (including phenoxy) is 1. The summed E-state index contributed by atoms with van der Waals surface area (Å²) >= 11 is 0. The van der Waals surface area contributed by atoms with Crippen molar-refractivity contribution in [1.82, 2.24) is 15.1 Å². The van der Waals surface area contributed by atoms with Gasteiger partial charge in [-0.05, 0) is 26.4 Å². The SMILES string of the molecule is CN1CCN(CCO[C@H]2CCCNC2)CC1. The minimum atomic E-state index is 0.459. The molecule has 0 amide bonds. The number of hydrogen-bond acceptors (Lipinski definition) is 4. The summed E-state index contributed by atoms with van der Waals surface area (Å²) in [7, 11) is 2.20. The van der Waals surface area contributed by atoms with E-state index in [1.54, 1.807) is 0 Å². The molecule has 0 unspecified atom stereocenters. The van der Waals surface area contributed by atoms with E-state index in [0.29, 0.717) is 6.10 Å². The van der Waals surface area contributed by atoms with Gasteiger partial charge in [0.05, 0.1) is 12.7 Å². The number of rotatable bonds is 4. The van der Waals surface area contributed by atoms with E-state index >= 15 is 0 Å². The third-order valence-electron chi connectivity index (χ3n) is 3.61. The first-order valence-electron chi connectivity index (χ1n) is 6.58. The standard InChI is InChI=1S/C12H25N3O/c1-14-5-7-15(8-6-14)9-10-16-12-3-2-4-13-11-12/h12-13H,2-11H2,1H3/t12-/m0/s1. The van der Waals surface area contributed by atoms with Crippen molar-refractivity contribution in [3.63, 3.8) is 0 Å². The van der Waals surface area contributed by atoms with Crippen LogP contribution in [0.15, 0.2) is 0 Å². The molecule has 4 heteroatoms. The largest absolute Gasteiger partial charge is 0.376 e. The van der Waals surface area contributed by atoms with E-state index in [0.717, 1.165) is 26.2 Å². The van der Waals surface area contributed by atoms with Crippen molar-refractivity contribution in [1.29, 1.82) is 0 Å². The average Bonchev–Trinajstić information content (AvgIpc) is 2.33. The smallest absolute Gasteiger partial charge is 0.0700 e. The van der Waals surface area contributed by atoms with Crippen molar-refractivity contribution in [3.8, 4) is 0 Å². The number of piperazine rings is 1. The number of likely N-dealkylation sites (N-methyl/N-ethyl adjacent to an activating group) is 1. The summed E-state index contributed by atoms with van der Waals surface area (Å²) in [5.41, 5.74) is 0. The van der Waals surface area contributed by atoms with Gasteiger partial charge in [0.1, 0.15) is 0 Å². The first kappa shape index (κ1) is 12.3. The molecule has 0 radical (unpaired) electrons. The quantitative estimate of drug-likeness (QED) is 0.732. The summed E-state index contributed by atoms with van der Waals surface area (Å²) in [4.78, 5) is 4.90. The lowest BCUT2D eigenvalue weighted by atomic mass is 10.1. The number of piperidine rings is 1. The Morgan fingerprint density at radius 2 is 2.06 bits per heavy atom. The van der Waals surface area contributed by atoms with Gasteiger partial charge in [0.25, 0.3) is 0 Å². The molecule has 0 saturated carbocycles. The first-order valence-corrected chi connectivity index (χ1v) is 6.58. The summed E-state index contributed by atoms with van der Waals surface area (Å²) in [6, 6.07) is 0. The second-order valence-corrected chi connectivity index (χ2v) is 4.98.